The summed E-state index contributed by atoms with van der Waals surface area (Å²) in [6.45, 7) is 1.87. The predicted molar refractivity (Wildman–Crippen MR) is 104 cm³/mol. The van der Waals surface area contributed by atoms with E-state index in [0.717, 1.165) is 11.3 Å². The molecular weight excluding hydrogens is 393 g/mol. The normalized spacial score (nSPS) is 12.9. The smallest absolute Gasteiger partial charge is 0.244 e. The van der Waals surface area contributed by atoms with Crippen molar-refractivity contribution in [1.82, 2.24) is 14.7 Å². The average molecular weight is 410 g/mol. The highest BCUT2D eigenvalue weighted by Gasteiger charge is 2.26. The average Bonchev–Trinajstić information content (AvgIpc) is 3.10. The summed E-state index contributed by atoms with van der Waals surface area (Å²) >= 11 is 12.1. The fourth-order valence-electron chi connectivity index (χ4n) is 2.60. The monoisotopic (exact) mass is 409 g/mol. The minimum atomic E-state index is -3.91. The lowest BCUT2D eigenvalue weighted by Crippen LogP contribution is -2.29. The third-order valence-electron chi connectivity index (χ3n) is 3.90. The highest BCUT2D eigenvalue weighted by Crippen LogP contribution is 2.30. The van der Waals surface area contributed by atoms with E-state index in [1.54, 1.807) is 12.3 Å². The largest absolute Gasteiger partial charge is 0.341 e. The van der Waals surface area contributed by atoms with Crippen molar-refractivity contribution in [3.63, 3.8) is 0 Å². The first-order chi connectivity index (χ1) is 12.4. The van der Waals surface area contributed by atoms with E-state index in [9.17, 15) is 8.42 Å². The van der Waals surface area contributed by atoms with E-state index in [1.165, 1.54) is 12.1 Å². The zero-order valence-corrected chi connectivity index (χ0v) is 16.2. The molecule has 1 atom stereocenters. The molecule has 0 bridgehead atoms. The molecule has 0 aliphatic heterocycles. The van der Waals surface area contributed by atoms with Crippen LogP contribution in [0.1, 0.15) is 25.2 Å². The maximum absolute atomic E-state index is 12.8. The first-order valence-corrected chi connectivity index (χ1v) is 10.2. The van der Waals surface area contributed by atoms with Gasteiger partial charge in [0.15, 0.2) is 0 Å². The number of nitrogens with one attached hydrogen (secondary N) is 2. The molecule has 136 valence electrons. The molecule has 1 heterocycles. The van der Waals surface area contributed by atoms with Crippen molar-refractivity contribution in [1.29, 1.82) is 0 Å². The Kier molecular flexibility index (Phi) is 5.67. The summed E-state index contributed by atoms with van der Waals surface area (Å²) in [5.74, 6) is 0.526. The number of aromatic amines is 1. The number of halogens is 2. The molecule has 0 spiro atoms. The molecule has 0 radical (unpaired) electrons. The van der Waals surface area contributed by atoms with Crippen LogP contribution >= 0.6 is 23.2 Å². The van der Waals surface area contributed by atoms with E-state index >= 15 is 0 Å². The molecular formula is C18H17Cl2N3O2S. The molecule has 2 N–H and O–H groups in total. The molecule has 0 saturated carbocycles. The Labute approximate surface area is 162 Å². The molecule has 0 aliphatic carbocycles. The SMILES string of the molecule is CCC(NS(=O)(=O)c1c(Cl)cccc1Cl)c1ncc(-c2ccccc2)[nH]1. The van der Waals surface area contributed by atoms with E-state index in [0.29, 0.717) is 12.2 Å². The maximum Gasteiger partial charge on any atom is 0.244 e. The Hall–Kier alpha value is -1.86. The van der Waals surface area contributed by atoms with E-state index in [1.807, 2.05) is 37.3 Å². The molecule has 26 heavy (non-hydrogen) atoms. The van der Waals surface area contributed by atoms with Crippen molar-refractivity contribution in [2.75, 3.05) is 0 Å². The second-order valence-corrected chi connectivity index (χ2v) is 8.15. The molecule has 0 saturated heterocycles. The number of sulfonamides is 1. The van der Waals surface area contributed by atoms with Crippen LogP contribution in [0.4, 0.5) is 0 Å². The van der Waals surface area contributed by atoms with Gasteiger partial charge in [0.1, 0.15) is 10.7 Å². The molecule has 0 amide bonds. The highest BCUT2D eigenvalue weighted by atomic mass is 35.5. The number of imidazole rings is 1. The Morgan fingerprint density at radius 1 is 1.08 bits per heavy atom. The van der Waals surface area contributed by atoms with Crippen LogP contribution in [-0.4, -0.2) is 18.4 Å². The second kappa shape index (κ2) is 7.80. The summed E-state index contributed by atoms with van der Waals surface area (Å²) in [7, 11) is -3.91. The second-order valence-electron chi connectivity index (χ2n) is 5.68. The van der Waals surface area contributed by atoms with E-state index in [2.05, 4.69) is 14.7 Å². The molecule has 2 aromatic carbocycles. The first-order valence-electron chi connectivity index (χ1n) is 7.99. The van der Waals surface area contributed by atoms with Crippen LogP contribution < -0.4 is 4.72 Å². The van der Waals surface area contributed by atoms with Crippen LogP contribution in [0.25, 0.3) is 11.3 Å². The lowest BCUT2D eigenvalue weighted by molar-refractivity contribution is 0.539. The molecule has 3 aromatic rings. The topological polar surface area (TPSA) is 74.8 Å². The molecule has 0 fully saturated rings. The van der Waals surface area contributed by atoms with Gasteiger partial charge < -0.3 is 4.98 Å². The predicted octanol–water partition coefficient (Wildman–Crippen LogP) is 4.81. The Morgan fingerprint density at radius 2 is 1.73 bits per heavy atom. The number of aromatic nitrogens is 2. The Morgan fingerprint density at radius 3 is 2.35 bits per heavy atom. The van der Waals surface area contributed by atoms with Crippen molar-refractivity contribution in [2.24, 2.45) is 0 Å². The van der Waals surface area contributed by atoms with Crippen LogP contribution in [0.15, 0.2) is 59.6 Å². The zero-order valence-electron chi connectivity index (χ0n) is 13.9. The molecule has 8 heteroatoms. The quantitative estimate of drug-likeness (QED) is 0.612. The standard InChI is InChI=1S/C18H17Cl2N3O2S/c1-2-15(18-21-11-16(22-18)12-7-4-3-5-8-12)23-26(24,25)17-13(19)9-6-10-14(17)20/h3-11,15,23H,2H2,1H3,(H,21,22). The fourth-order valence-corrected chi connectivity index (χ4v) is 5.02. The lowest BCUT2D eigenvalue weighted by atomic mass is 10.2. The van der Waals surface area contributed by atoms with Crippen molar-refractivity contribution >= 4 is 33.2 Å². The zero-order chi connectivity index (χ0) is 18.7. The van der Waals surface area contributed by atoms with Crippen LogP contribution in [0, 0.1) is 0 Å². The van der Waals surface area contributed by atoms with E-state index in [-0.39, 0.29) is 14.9 Å². The van der Waals surface area contributed by atoms with Crippen LogP contribution in [0.3, 0.4) is 0 Å². The number of nitrogens with zero attached hydrogens (tertiary/aromatic N) is 1. The van der Waals surface area contributed by atoms with Crippen molar-refractivity contribution in [3.05, 3.63) is 70.6 Å². The van der Waals surface area contributed by atoms with E-state index in [4.69, 9.17) is 23.2 Å². The summed E-state index contributed by atoms with van der Waals surface area (Å²) < 4.78 is 28.2. The number of benzene rings is 2. The number of rotatable bonds is 6. The fraction of sp³-hybridized carbons (Fsp3) is 0.167. The summed E-state index contributed by atoms with van der Waals surface area (Å²) in [5.41, 5.74) is 1.78. The summed E-state index contributed by atoms with van der Waals surface area (Å²) in [5, 5.41) is 0.147. The third-order valence-corrected chi connectivity index (χ3v) is 6.33. The molecule has 0 aliphatic rings. The third kappa shape index (κ3) is 3.94. The van der Waals surface area contributed by atoms with Gasteiger partial charge >= 0.3 is 0 Å². The van der Waals surface area contributed by atoms with Gasteiger partial charge in [0.05, 0.1) is 28.0 Å². The number of H-pyrrole nitrogens is 1. The number of hydrogen-bond donors (Lipinski definition) is 2. The highest BCUT2D eigenvalue weighted by molar-refractivity contribution is 7.89. The van der Waals surface area contributed by atoms with Gasteiger partial charge in [0.2, 0.25) is 10.0 Å². The van der Waals surface area contributed by atoms with Gasteiger partial charge in [-0.3, -0.25) is 0 Å². The first kappa shape index (κ1) is 18.9. The molecule has 1 unspecified atom stereocenters. The van der Waals surface area contributed by atoms with Gasteiger partial charge in [-0.25, -0.2) is 18.1 Å². The minimum Gasteiger partial charge on any atom is -0.341 e. The Balaban J connectivity index is 1.90. The van der Waals surface area contributed by atoms with Gasteiger partial charge in [0, 0.05) is 0 Å². The summed E-state index contributed by atoms with van der Waals surface area (Å²) in [6, 6.07) is 13.7. The van der Waals surface area contributed by atoms with Crippen LogP contribution in [0.2, 0.25) is 10.0 Å². The molecule has 5 nitrogen and oxygen atoms in total. The molecule has 3 rings (SSSR count). The minimum absolute atomic E-state index is 0.0734. The Bertz CT molecular complexity index is 984. The van der Waals surface area contributed by atoms with Gasteiger partial charge in [0.25, 0.3) is 0 Å². The number of hydrogen-bond acceptors (Lipinski definition) is 3. The lowest BCUT2D eigenvalue weighted by Gasteiger charge is -2.16. The van der Waals surface area contributed by atoms with Crippen LogP contribution in [0.5, 0.6) is 0 Å². The van der Waals surface area contributed by atoms with Gasteiger partial charge in [-0.1, -0.05) is 66.5 Å². The van der Waals surface area contributed by atoms with Crippen molar-refractivity contribution in [2.45, 2.75) is 24.3 Å². The summed E-state index contributed by atoms with van der Waals surface area (Å²) in [4.78, 5) is 7.39. The van der Waals surface area contributed by atoms with Gasteiger partial charge in [-0.15, -0.1) is 0 Å². The van der Waals surface area contributed by atoms with Gasteiger partial charge in [-0.2, -0.15) is 0 Å². The van der Waals surface area contributed by atoms with Crippen molar-refractivity contribution in [3.8, 4) is 11.3 Å². The van der Waals surface area contributed by atoms with Gasteiger partial charge in [-0.05, 0) is 24.1 Å². The van der Waals surface area contributed by atoms with Crippen LogP contribution in [-0.2, 0) is 10.0 Å². The molecule has 1 aromatic heterocycles. The van der Waals surface area contributed by atoms with Crippen molar-refractivity contribution < 1.29 is 8.42 Å². The maximum atomic E-state index is 12.8. The summed E-state index contributed by atoms with van der Waals surface area (Å²) in [6.07, 6.45) is 2.19. The van der Waals surface area contributed by atoms with E-state index < -0.39 is 16.1 Å².